The lowest BCUT2D eigenvalue weighted by molar-refractivity contribution is 0.265. The van der Waals surface area contributed by atoms with Crippen molar-refractivity contribution in [2.45, 2.75) is 26.6 Å². The van der Waals surface area contributed by atoms with Crippen molar-refractivity contribution in [2.75, 3.05) is 6.61 Å². The van der Waals surface area contributed by atoms with E-state index in [9.17, 15) is 4.39 Å². The molecule has 4 nitrogen and oxygen atoms in total. The van der Waals surface area contributed by atoms with E-state index < -0.39 is 0 Å². The summed E-state index contributed by atoms with van der Waals surface area (Å²) >= 11 is 6.43. The van der Waals surface area contributed by atoms with Crippen molar-refractivity contribution in [3.8, 4) is 11.5 Å². The smallest absolute Gasteiger partial charge is 0.163 e. The van der Waals surface area contributed by atoms with Gasteiger partial charge in [0.25, 0.3) is 0 Å². The van der Waals surface area contributed by atoms with E-state index in [1.54, 1.807) is 30.5 Å². The number of ether oxygens (including phenoxy) is 2. The Kier molecular flexibility index (Phi) is 7.23. The van der Waals surface area contributed by atoms with E-state index in [1.165, 1.54) is 6.07 Å². The zero-order valence-corrected chi connectivity index (χ0v) is 16.4. The van der Waals surface area contributed by atoms with Gasteiger partial charge in [0, 0.05) is 35.9 Å². The highest BCUT2D eigenvalue weighted by molar-refractivity contribution is 6.31. The number of pyridine rings is 1. The summed E-state index contributed by atoms with van der Waals surface area (Å²) in [6, 6.07) is 15.9. The molecule has 146 valence electrons. The first kappa shape index (κ1) is 20.1. The summed E-state index contributed by atoms with van der Waals surface area (Å²) < 4.78 is 25.3. The van der Waals surface area contributed by atoms with Crippen molar-refractivity contribution < 1.29 is 13.9 Å². The topological polar surface area (TPSA) is 43.4 Å². The number of hydrogen-bond donors (Lipinski definition) is 1. The summed E-state index contributed by atoms with van der Waals surface area (Å²) in [5.74, 6) is 0.767. The molecule has 1 heterocycles. The summed E-state index contributed by atoms with van der Waals surface area (Å²) in [6.07, 6.45) is 1.76. The minimum absolute atomic E-state index is 0.0976. The maximum Gasteiger partial charge on any atom is 0.163 e. The van der Waals surface area contributed by atoms with E-state index in [-0.39, 0.29) is 12.4 Å². The molecule has 6 heteroatoms. The van der Waals surface area contributed by atoms with Gasteiger partial charge in [-0.15, -0.1) is 0 Å². The summed E-state index contributed by atoms with van der Waals surface area (Å²) in [4.78, 5) is 4.28. The summed E-state index contributed by atoms with van der Waals surface area (Å²) in [7, 11) is 0. The Balaban J connectivity index is 1.69. The Morgan fingerprint density at radius 3 is 2.50 bits per heavy atom. The van der Waals surface area contributed by atoms with Crippen molar-refractivity contribution >= 4 is 11.6 Å². The normalized spacial score (nSPS) is 10.7. The first-order chi connectivity index (χ1) is 13.7. The van der Waals surface area contributed by atoms with E-state index in [4.69, 9.17) is 21.1 Å². The van der Waals surface area contributed by atoms with Crippen LogP contribution in [0.5, 0.6) is 11.5 Å². The lowest BCUT2D eigenvalue weighted by atomic mass is 10.2. The molecule has 28 heavy (non-hydrogen) atoms. The van der Waals surface area contributed by atoms with Crippen LogP contribution in [0.15, 0.2) is 60.8 Å². The van der Waals surface area contributed by atoms with Gasteiger partial charge < -0.3 is 14.8 Å². The molecular formula is C22H22ClFN2O2. The zero-order chi connectivity index (χ0) is 19.8. The molecule has 0 spiro atoms. The third-order valence-corrected chi connectivity index (χ3v) is 4.45. The van der Waals surface area contributed by atoms with Gasteiger partial charge >= 0.3 is 0 Å². The molecule has 0 aliphatic rings. The van der Waals surface area contributed by atoms with Gasteiger partial charge in [0.2, 0.25) is 0 Å². The van der Waals surface area contributed by atoms with Crippen LogP contribution in [0.25, 0.3) is 0 Å². The molecule has 1 N–H and O–H groups in total. The fraction of sp³-hybridized carbons (Fsp3) is 0.227. The van der Waals surface area contributed by atoms with Crippen LogP contribution in [0.1, 0.15) is 23.7 Å². The summed E-state index contributed by atoms with van der Waals surface area (Å²) in [6.45, 7) is 3.67. The molecule has 0 atom stereocenters. The number of halogens is 2. The van der Waals surface area contributed by atoms with Gasteiger partial charge in [-0.25, -0.2) is 4.39 Å². The fourth-order valence-corrected chi connectivity index (χ4v) is 2.91. The maximum absolute atomic E-state index is 13.8. The predicted molar refractivity (Wildman–Crippen MR) is 108 cm³/mol. The molecule has 0 bridgehead atoms. The van der Waals surface area contributed by atoms with Crippen molar-refractivity contribution in [3.05, 3.63) is 88.5 Å². The van der Waals surface area contributed by atoms with E-state index in [0.29, 0.717) is 41.8 Å². The second kappa shape index (κ2) is 10.1. The van der Waals surface area contributed by atoms with Crippen LogP contribution in [-0.4, -0.2) is 11.6 Å². The maximum atomic E-state index is 13.8. The monoisotopic (exact) mass is 400 g/mol. The van der Waals surface area contributed by atoms with E-state index in [1.807, 2.05) is 31.2 Å². The highest BCUT2D eigenvalue weighted by atomic mass is 35.5. The first-order valence-corrected chi connectivity index (χ1v) is 9.47. The molecule has 0 fully saturated rings. The molecule has 0 aliphatic carbocycles. The van der Waals surface area contributed by atoms with Crippen molar-refractivity contribution in [1.29, 1.82) is 0 Å². The highest BCUT2D eigenvalue weighted by Gasteiger charge is 2.12. The van der Waals surface area contributed by atoms with Gasteiger partial charge in [0.15, 0.2) is 11.5 Å². The third-order valence-electron chi connectivity index (χ3n) is 4.10. The van der Waals surface area contributed by atoms with Gasteiger partial charge in [-0.1, -0.05) is 35.9 Å². The molecule has 0 aliphatic heterocycles. The molecular weight excluding hydrogens is 379 g/mol. The van der Waals surface area contributed by atoms with Gasteiger partial charge in [-0.05, 0) is 36.8 Å². The number of rotatable bonds is 9. The van der Waals surface area contributed by atoms with Crippen molar-refractivity contribution in [2.24, 2.45) is 0 Å². The Labute approximate surface area is 169 Å². The lowest BCUT2D eigenvalue weighted by Gasteiger charge is -2.15. The number of nitrogens with zero attached hydrogens (tertiary/aromatic N) is 1. The fourth-order valence-electron chi connectivity index (χ4n) is 2.69. The van der Waals surface area contributed by atoms with Crippen LogP contribution in [0.2, 0.25) is 5.02 Å². The second-order valence-electron chi connectivity index (χ2n) is 6.13. The molecule has 3 aromatic rings. The Bertz CT molecular complexity index is 906. The average Bonchev–Trinajstić information content (AvgIpc) is 2.71. The largest absolute Gasteiger partial charge is 0.490 e. The van der Waals surface area contributed by atoms with Crippen molar-refractivity contribution in [3.63, 3.8) is 0 Å². The molecule has 0 radical (unpaired) electrons. The minimum atomic E-state index is -0.304. The molecule has 3 rings (SSSR count). The van der Waals surface area contributed by atoms with Crippen LogP contribution in [0.3, 0.4) is 0 Å². The summed E-state index contributed by atoms with van der Waals surface area (Å²) in [5, 5.41) is 3.88. The Morgan fingerprint density at radius 1 is 0.964 bits per heavy atom. The van der Waals surface area contributed by atoms with Crippen LogP contribution in [0, 0.1) is 5.82 Å². The van der Waals surface area contributed by atoms with Crippen LogP contribution in [0.4, 0.5) is 4.39 Å². The molecule has 1 aromatic heterocycles. The van der Waals surface area contributed by atoms with Gasteiger partial charge in [0.05, 0.1) is 12.3 Å². The molecule has 0 unspecified atom stereocenters. The molecule has 2 aromatic carbocycles. The van der Waals surface area contributed by atoms with Gasteiger partial charge in [-0.2, -0.15) is 0 Å². The Hall–Kier alpha value is -2.63. The lowest BCUT2D eigenvalue weighted by Crippen LogP contribution is -2.14. The summed E-state index contributed by atoms with van der Waals surface area (Å²) in [5.41, 5.74) is 2.31. The quantitative estimate of drug-likeness (QED) is 0.540. The second-order valence-corrected chi connectivity index (χ2v) is 6.54. The average molecular weight is 401 g/mol. The molecule has 0 amide bonds. The van der Waals surface area contributed by atoms with Gasteiger partial charge in [0.1, 0.15) is 12.4 Å². The number of hydrogen-bond acceptors (Lipinski definition) is 4. The first-order valence-electron chi connectivity index (χ1n) is 9.09. The Morgan fingerprint density at radius 2 is 1.75 bits per heavy atom. The van der Waals surface area contributed by atoms with E-state index >= 15 is 0 Å². The van der Waals surface area contributed by atoms with E-state index in [0.717, 1.165) is 11.3 Å². The van der Waals surface area contributed by atoms with Crippen LogP contribution < -0.4 is 14.8 Å². The SMILES string of the molecule is CCOc1cc(CNCc2ccccn2)c(Cl)cc1OCc1ccccc1F. The zero-order valence-electron chi connectivity index (χ0n) is 15.6. The van der Waals surface area contributed by atoms with Gasteiger partial charge in [-0.3, -0.25) is 4.98 Å². The van der Waals surface area contributed by atoms with Crippen LogP contribution in [-0.2, 0) is 19.7 Å². The molecule has 0 saturated carbocycles. The van der Waals surface area contributed by atoms with Crippen molar-refractivity contribution in [1.82, 2.24) is 10.3 Å². The standard InChI is InChI=1S/C22H22ClFN2O2/c1-2-27-21-11-17(13-25-14-18-8-5-6-10-26-18)19(23)12-22(21)28-15-16-7-3-4-9-20(16)24/h3-12,25H,2,13-15H2,1H3. The third kappa shape index (κ3) is 5.44. The number of benzene rings is 2. The number of nitrogens with one attached hydrogen (secondary N) is 1. The predicted octanol–water partition coefficient (Wildman–Crippen LogP) is 5.14. The minimum Gasteiger partial charge on any atom is -0.490 e. The molecule has 0 saturated heterocycles. The van der Waals surface area contributed by atoms with E-state index in [2.05, 4.69) is 10.3 Å². The number of aromatic nitrogens is 1. The highest BCUT2D eigenvalue weighted by Crippen LogP contribution is 2.34. The van der Waals surface area contributed by atoms with Crippen LogP contribution >= 0.6 is 11.6 Å².